The minimum Gasteiger partial charge on any atom is -0.391 e. The summed E-state index contributed by atoms with van der Waals surface area (Å²) in [5.41, 5.74) is 20.2. The van der Waals surface area contributed by atoms with Crippen molar-refractivity contribution in [3.63, 3.8) is 0 Å². The molecule has 17 heteroatoms. The number of aryl methyl sites for hydroxylation is 6. The summed E-state index contributed by atoms with van der Waals surface area (Å²) in [5.74, 6) is 7.73. The summed E-state index contributed by atoms with van der Waals surface area (Å²) in [6.07, 6.45) is 20.9. The molecule has 17 nitrogen and oxygen atoms in total. The molecule has 1 aliphatic heterocycles. The molecule has 138 heavy (non-hydrogen) atoms. The van der Waals surface area contributed by atoms with Crippen LogP contribution in [0.2, 0.25) is 0 Å². The van der Waals surface area contributed by atoms with Gasteiger partial charge in [0.15, 0.2) is 0 Å². The number of ether oxygens (including phenoxy) is 5. The number of hydrogen-bond donors (Lipinski definition) is 0. The lowest BCUT2D eigenvalue weighted by Gasteiger charge is -2.38. The minimum atomic E-state index is 0.229. The lowest BCUT2D eigenvalue weighted by molar-refractivity contribution is -0.719. The van der Waals surface area contributed by atoms with Gasteiger partial charge in [0, 0.05) is 11.4 Å². The first kappa shape index (κ1) is 105. The molecule has 1 unspecified atom stereocenters. The molecular formula is C121H159N12O5+5. The molecule has 0 radical (unpaired) electrons. The van der Waals surface area contributed by atoms with Crippen molar-refractivity contribution in [2.24, 2.45) is 20.0 Å². The van der Waals surface area contributed by atoms with Gasteiger partial charge in [-0.3, -0.25) is 0 Å². The summed E-state index contributed by atoms with van der Waals surface area (Å²) in [6, 6.07) is 88.8. The highest BCUT2D eigenvalue weighted by molar-refractivity contribution is 5.90. The van der Waals surface area contributed by atoms with Crippen LogP contribution >= 0.6 is 0 Å². The van der Waals surface area contributed by atoms with Gasteiger partial charge in [0.1, 0.15) is 108 Å². The molecular weight excluding hydrogens is 1700 g/mol. The van der Waals surface area contributed by atoms with Crippen LogP contribution in [0.5, 0.6) is 58.8 Å². The monoisotopic (exact) mass is 1860 g/mol. The molecule has 1 atom stereocenters. The highest BCUT2D eigenvalue weighted by atomic mass is 16.5. The molecule has 728 valence electrons. The van der Waals surface area contributed by atoms with Crippen molar-refractivity contribution < 1.29 is 46.5 Å². The second-order valence-electron chi connectivity index (χ2n) is 40.3. The molecule has 0 saturated heterocycles. The van der Waals surface area contributed by atoms with Crippen molar-refractivity contribution in [3.8, 4) is 70.2 Å². The largest absolute Gasteiger partial charge is 0.467 e. The summed E-state index contributed by atoms with van der Waals surface area (Å²) in [4.78, 5) is 5.14. The molecule has 0 aliphatic carbocycles. The Bertz CT molecular complexity index is 6240. The highest BCUT2D eigenvalue weighted by Gasteiger charge is 2.42. The van der Waals surface area contributed by atoms with Gasteiger partial charge in [-0.2, -0.15) is 45.7 Å². The number of hydrogen-bond acceptors (Lipinski definition) is 7. The van der Waals surface area contributed by atoms with Crippen LogP contribution in [-0.2, 0) is 14.1 Å². The molecule has 16 rings (SSSR count). The number of para-hydroxylation sites is 11. The second-order valence-corrected chi connectivity index (χ2v) is 40.3. The average Bonchev–Trinajstić information content (AvgIpc) is 1.57. The molecule has 0 saturated carbocycles. The van der Waals surface area contributed by atoms with E-state index in [4.69, 9.17) is 23.7 Å². The molecule has 5 aromatic heterocycles. The van der Waals surface area contributed by atoms with Crippen LogP contribution in [0, 0.1) is 33.6 Å². The fourth-order valence-electron chi connectivity index (χ4n) is 17.7. The first-order valence-corrected chi connectivity index (χ1v) is 50.1. The summed E-state index contributed by atoms with van der Waals surface area (Å²) in [6.45, 7) is 65.9. The maximum atomic E-state index is 6.52. The lowest BCUT2D eigenvalue weighted by atomic mass is 9.98. The second kappa shape index (κ2) is 48.2. The molecule has 0 N–H and O–H groups in total. The lowest BCUT2D eigenvalue weighted by Crippen LogP contribution is -2.43. The van der Waals surface area contributed by atoms with Gasteiger partial charge in [0.2, 0.25) is 0 Å². The molecule has 15 aromatic rings. The first-order valence-electron chi connectivity index (χ1n) is 50.1. The standard InChI is InChI=1S/C27H32N2.C23H29N2O.C21H25N2O.C18H27N2O.2C16H23N2O/c1-18(2)22-14-7-8-15-23(22)28-24-16-9-10-17-25(24)29(27(28)19(3)4)26-20(5)12-11-13-21(26)6;1-16(2)20-12-7-8-13-21(20)26-23-24(17(3)4)14-15-25(23)22-18(5)10-9-11-19(22)6;1-16(2)19-12-8-9-13-20(19)24-21-22(17(3)4)14-15-23(21)18-10-6-5-7-11-18;1-13(2)16-9-7-8-10-17(16)21-18-19(14(3)4)11-12-20(18)15(5)6;2*1-12(2)14-8-6-7-9-15(14)19-16-17(5)10-11-18(16)13(3)4/h7-19,27H,1-6H3;7-17H,1-6H3;5-17H,1-4H3;7-15H,1-6H3;2*6-13H,1-5H3/q;5*+1. The number of aromatic nitrogens is 10. The van der Waals surface area contributed by atoms with E-state index in [1.54, 1.807) is 0 Å². The van der Waals surface area contributed by atoms with E-state index in [9.17, 15) is 0 Å². The van der Waals surface area contributed by atoms with E-state index < -0.39 is 0 Å². The van der Waals surface area contributed by atoms with Gasteiger partial charge in [-0.25, -0.2) is 0 Å². The van der Waals surface area contributed by atoms with E-state index in [1.165, 1.54) is 84.1 Å². The van der Waals surface area contributed by atoms with Gasteiger partial charge in [-0.15, -0.1) is 0 Å². The highest BCUT2D eigenvalue weighted by Crippen LogP contribution is 2.52. The van der Waals surface area contributed by atoms with Crippen LogP contribution in [0.4, 0.5) is 22.7 Å². The van der Waals surface area contributed by atoms with Gasteiger partial charge >= 0.3 is 30.1 Å². The van der Waals surface area contributed by atoms with Crippen LogP contribution in [0.15, 0.2) is 299 Å². The third-order valence-corrected chi connectivity index (χ3v) is 25.2. The van der Waals surface area contributed by atoms with Gasteiger partial charge in [0.25, 0.3) is 0 Å². The zero-order valence-electron chi connectivity index (χ0n) is 88.8. The van der Waals surface area contributed by atoms with Crippen molar-refractivity contribution in [1.82, 2.24) is 22.8 Å². The predicted octanol–water partition coefficient (Wildman–Crippen LogP) is 31.3. The van der Waals surface area contributed by atoms with Crippen LogP contribution in [0.3, 0.4) is 0 Å². The zero-order chi connectivity index (χ0) is 100. The van der Waals surface area contributed by atoms with Crippen molar-refractivity contribution in [1.29, 1.82) is 0 Å². The Hall–Kier alpha value is -13.2. The molecule has 0 amide bonds. The van der Waals surface area contributed by atoms with Crippen molar-refractivity contribution >= 4 is 22.7 Å². The number of anilines is 4. The molecule has 6 heterocycles. The number of benzene rings is 10. The topological polar surface area (TPSA) is 96.7 Å². The smallest absolute Gasteiger partial charge is 0.391 e. The Balaban J connectivity index is 0.000000160. The van der Waals surface area contributed by atoms with Crippen LogP contribution in [0.25, 0.3) is 11.4 Å². The predicted molar refractivity (Wildman–Crippen MR) is 568 cm³/mol. The maximum absolute atomic E-state index is 6.52. The summed E-state index contributed by atoms with van der Waals surface area (Å²) in [5, 5.41) is 0. The SMILES string of the molecule is CC(C)c1ccccc1Oc1n(-c2ccccc2)cc[n+]1C(C)C.CC(C)c1ccccc1Oc1n(C(C)C)cc[n+]1C.CC(C)c1ccccc1Oc1n(C(C)C)cc[n+]1C.CC(C)c1ccccc1Oc1n(C(C)C)cc[n+]1C(C)C.Cc1cccc(C)c1-n1cc[n+](C(C)C)c1Oc1ccccc1C(C)C.Cc1cccc(C)c1N1c2ccccc2N(c2ccccc2C(C)C)C1C(C)C. The fraction of sp³-hybridized carbons (Fsp3) is 0.380. The Morgan fingerprint density at radius 2 is 0.507 bits per heavy atom. The van der Waals surface area contributed by atoms with Crippen LogP contribution in [-0.4, -0.2) is 29.0 Å². The van der Waals surface area contributed by atoms with Gasteiger partial charge in [0.05, 0.1) is 61.7 Å². The zero-order valence-corrected chi connectivity index (χ0v) is 88.8. The number of rotatable bonds is 27. The summed E-state index contributed by atoms with van der Waals surface area (Å²) in [7, 11) is 4.01. The summed E-state index contributed by atoms with van der Waals surface area (Å²) >= 11 is 0. The Kier molecular flexibility index (Phi) is 36.8. The molecule has 0 bridgehead atoms. The molecule has 10 aromatic carbocycles. The number of imidazole rings is 5. The molecule has 0 fully saturated rings. The van der Waals surface area contributed by atoms with E-state index >= 15 is 0 Å². The Morgan fingerprint density at radius 1 is 0.239 bits per heavy atom. The maximum Gasteiger partial charge on any atom is 0.467 e. The van der Waals surface area contributed by atoms with Gasteiger partial charge < -0.3 is 33.5 Å². The Morgan fingerprint density at radius 3 is 0.855 bits per heavy atom. The number of nitrogens with zero attached hydrogens (tertiary/aromatic N) is 12. The quantitative estimate of drug-likeness (QED) is 0.0473. The molecule has 1 aliphatic rings. The minimum absolute atomic E-state index is 0.229. The van der Waals surface area contributed by atoms with E-state index in [1.807, 2.05) is 102 Å². The third kappa shape index (κ3) is 25.2. The fourth-order valence-corrected chi connectivity index (χ4v) is 17.7. The normalized spacial score (nSPS) is 12.4. The Labute approximate surface area is 826 Å². The summed E-state index contributed by atoms with van der Waals surface area (Å²) < 4.78 is 52.8. The van der Waals surface area contributed by atoms with E-state index in [0.717, 1.165) is 64.5 Å². The molecule has 0 spiro atoms. The van der Waals surface area contributed by atoms with Crippen LogP contribution < -0.4 is 56.3 Å². The van der Waals surface area contributed by atoms with Gasteiger partial charge in [-0.05, 0) is 269 Å². The van der Waals surface area contributed by atoms with E-state index in [-0.39, 0.29) is 6.17 Å². The first-order chi connectivity index (χ1) is 65.8. The van der Waals surface area contributed by atoms with Crippen molar-refractivity contribution in [2.75, 3.05) is 9.80 Å². The average molecular weight is 1860 g/mol. The van der Waals surface area contributed by atoms with Gasteiger partial charge in [-0.1, -0.05) is 273 Å². The van der Waals surface area contributed by atoms with E-state index in [2.05, 4.69) is 473 Å². The van der Waals surface area contributed by atoms with Crippen molar-refractivity contribution in [2.45, 2.75) is 286 Å². The van der Waals surface area contributed by atoms with Crippen LogP contribution in [0.1, 0.15) is 307 Å². The van der Waals surface area contributed by atoms with Crippen molar-refractivity contribution in [3.05, 3.63) is 354 Å². The third-order valence-electron chi connectivity index (χ3n) is 25.2. The van der Waals surface area contributed by atoms with E-state index in [0.29, 0.717) is 77.7 Å². The number of fused-ring (bicyclic) bond motifs is 1.